The predicted octanol–water partition coefficient (Wildman–Crippen LogP) is 2.41. The zero-order chi connectivity index (χ0) is 30.2. The van der Waals surface area contributed by atoms with Crippen molar-refractivity contribution in [3.63, 3.8) is 0 Å². The minimum absolute atomic E-state index is 0.0231. The van der Waals surface area contributed by atoms with Gasteiger partial charge < -0.3 is 29.2 Å². The molecule has 0 spiro atoms. The first-order chi connectivity index (χ1) is 20.0. The summed E-state index contributed by atoms with van der Waals surface area (Å²) < 4.78 is 38.7. The number of esters is 1. The number of H-pyrrole nitrogens is 1. The monoisotopic (exact) mass is 601 g/mol. The Kier molecular flexibility index (Phi) is 8.46. The Bertz CT molecular complexity index is 1690. The molecular weight excluding hydrogens is 569 g/mol. The minimum Gasteiger partial charge on any atom is -0.462 e. The second-order valence-corrected chi connectivity index (χ2v) is 11.9. The van der Waals surface area contributed by atoms with E-state index in [1.54, 1.807) is 38.1 Å². The van der Waals surface area contributed by atoms with Crippen molar-refractivity contribution in [3.05, 3.63) is 65.5 Å². The molecule has 1 aliphatic rings. The first-order valence-electron chi connectivity index (χ1n) is 13.3. The van der Waals surface area contributed by atoms with Crippen LogP contribution in [0, 0.1) is 0 Å². The number of aliphatic hydroxyl groups excluding tert-OH is 2. The van der Waals surface area contributed by atoms with E-state index in [-0.39, 0.29) is 16.9 Å². The van der Waals surface area contributed by atoms with Crippen molar-refractivity contribution in [2.75, 3.05) is 0 Å². The van der Waals surface area contributed by atoms with E-state index in [0.717, 1.165) is 5.39 Å². The van der Waals surface area contributed by atoms with Gasteiger partial charge in [-0.3, -0.25) is 18.7 Å². The average Bonchev–Trinajstić information content (AvgIpc) is 3.50. The normalized spacial score (nSPS) is 23.6. The maximum Gasteiger partial charge on any atom is 0.459 e. The molecule has 0 radical (unpaired) electrons. The molecule has 4 aromatic rings. The number of carbonyl (C=O) groups is 1. The van der Waals surface area contributed by atoms with Crippen molar-refractivity contribution >= 4 is 35.7 Å². The number of fused-ring (bicyclic) bond motifs is 2. The number of hydrogen-bond donors (Lipinski definition) is 4. The summed E-state index contributed by atoms with van der Waals surface area (Å²) in [7, 11) is -4.38. The number of hydrogen-bond acceptors (Lipinski definition) is 11. The van der Waals surface area contributed by atoms with Crippen molar-refractivity contribution in [1.82, 2.24) is 24.6 Å². The van der Waals surface area contributed by atoms with E-state index in [0.29, 0.717) is 5.39 Å². The van der Waals surface area contributed by atoms with Crippen LogP contribution in [0.5, 0.6) is 5.75 Å². The molecule has 7 atom stereocenters. The number of benzene rings is 2. The second-order valence-electron chi connectivity index (χ2n) is 10.2. The summed E-state index contributed by atoms with van der Waals surface area (Å²) >= 11 is 0. The molecule has 0 unspecified atom stereocenters. The van der Waals surface area contributed by atoms with Crippen molar-refractivity contribution < 1.29 is 38.1 Å². The smallest absolute Gasteiger partial charge is 0.459 e. The summed E-state index contributed by atoms with van der Waals surface area (Å²) in [5.41, 5.74) is -0.328. The molecule has 224 valence electrons. The van der Waals surface area contributed by atoms with Gasteiger partial charge in [-0.2, -0.15) is 5.09 Å². The van der Waals surface area contributed by atoms with E-state index < -0.39 is 62.1 Å². The molecule has 42 heavy (non-hydrogen) atoms. The van der Waals surface area contributed by atoms with E-state index in [1.165, 1.54) is 31.1 Å². The number of aliphatic hydroxyl groups is 2. The third-order valence-electron chi connectivity index (χ3n) is 6.71. The fourth-order valence-corrected chi connectivity index (χ4v) is 6.45. The molecule has 1 aliphatic heterocycles. The van der Waals surface area contributed by atoms with Gasteiger partial charge in [-0.1, -0.05) is 36.4 Å². The van der Waals surface area contributed by atoms with Crippen LogP contribution in [-0.4, -0.2) is 72.3 Å². The van der Waals surface area contributed by atoms with Gasteiger partial charge in [0, 0.05) is 5.39 Å². The van der Waals surface area contributed by atoms with Crippen LogP contribution < -0.4 is 15.2 Å². The number of rotatable bonds is 10. The van der Waals surface area contributed by atoms with E-state index in [9.17, 15) is 24.4 Å². The number of ether oxygens (including phenoxy) is 2. The Morgan fingerprint density at radius 1 is 1.10 bits per heavy atom. The standard InChI is InChI=1S/C27H32N5O9P/c1-14(2)38-27(36)15(3)31-42(37,41-19-11-7-9-17-8-5-6-10-18(17)19)40-16(4)23-21(33)22(34)26(39-23)32-13-30-20-24(32)28-12-29-25(20)35/h5-16,21-23,26,33-34H,1-4H3,(H,31,37)(H,28,29,35)/t15-,16-,21-,22+,23+,26+,42+/m0/s1. The van der Waals surface area contributed by atoms with E-state index >= 15 is 0 Å². The first-order valence-corrected chi connectivity index (χ1v) is 14.9. The summed E-state index contributed by atoms with van der Waals surface area (Å²) in [6.45, 7) is 6.31. The van der Waals surface area contributed by atoms with Crippen LogP contribution in [0.4, 0.5) is 0 Å². The van der Waals surface area contributed by atoms with Gasteiger partial charge in [-0.05, 0) is 39.1 Å². The van der Waals surface area contributed by atoms with Gasteiger partial charge in [0.05, 0.1) is 24.9 Å². The largest absolute Gasteiger partial charge is 0.462 e. The van der Waals surface area contributed by atoms with E-state index in [2.05, 4.69) is 20.0 Å². The SMILES string of the molecule is CC(C)OC(=O)[C@H](C)N[P@](=O)(Oc1cccc2ccccc12)O[C@@H](C)[C@H]1O[C@@H](n2cnc3c(=O)[nH]cnc32)[C@H](O)[C@@H]1O. The summed E-state index contributed by atoms with van der Waals surface area (Å²) in [6, 6.07) is 11.4. The lowest BCUT2D eigenvalue weighted by Gasteiger charge is -2.29. The summed E-state index contributed by atoms with van der Waals surface area (Å²) in [4.78, 5) is 35.2. The predicted molar refractivity (Wildman–Crippen MR) is 151 cm³/mol. The molecule has 1 saturated heterocycles. The Morgan fingerprint density at radius 2 is 1.83 bits per heavy atom. The number of aromatic amines is 1. The Morgan fingerprint density at radius 3 is 2.60 bits per heavy atom. The third kappa shape index (κ3) is 5.95. The molecule has 2 aromatic carbocycles. The molecule has 0 saturated carbocycles. The topological polar surface area (TPSA) is 187 Å². The van der Waals surface area contributed by atoms with Gasteiger partial charge >= 0.3 is 13.7 Å². The number of imidazole rings is 1. The number of nitrogens with zero attached hydrogens (tertiary/aromatic N) is 3. The highest BCUT2D eigenvalue weighted by molar-refractivity contribution is 7.52. The Balaban J connectivity index is 1.42. The second kappa shape index (κ2) is 11.9. The molecule has 0 aliphatic carbocycles. The maximum absolute atomic E-state index is 14.3. The van der Waals surface area contributed by atoms with Crippen molar-refractivity contribution in [2.24, 2.45) is 0 Å². The molecule has 3 heterocycles. The van der Waals surface area contributed by atoms with Crippen LogP contribution in [0.1, 0.15) is 33.9 Å². The van der Waals surface area contributed by atoms with Gasteiger partial charge in [-0.15, -0.1) is 0 Å². The van der Waals surface area contributed by atoms with Crippen LogP contribution in [0.2, 0.25) is 0 Å². The highest BCUT2D eigenvalue weighted by atomic mass is 31.2. The molecule has 2 aromatic heterocycles. The van der Waals surface area contributed by atoms with Gasteiger partial charge in [0.2, 0.25) is 0 Å². The van der Waals surface area contributed by atoms with Gasteiger partial charge in [0.1, 0.15) is 30.1 Å². The molecule has 15 heteroatoms. The van der Waals surface area contributed by atoms with Crippen LogP contribution >= 0.6 is 7.75 Å². The quantitative estimate of drug-likeness (QED) is 0.154. The van der Waals surface area contributed by atoms with Crippen LogP contribution in [0.3, 0.4) is 0 Å². The lowest BCUT2D eigenvalue weighted by molar-refractivity contribution is -0.149. The fourth-order valence-electron chi connectivity index (χ4n) is 4.74. The molecule has 0 bridgehead atoms. The zero-order valence-electron chi connectivity index (χ0n) is 23.3. The number of aromatic nitrogens is 4. The zero-order valence-corrected chi connectivity index (χ0v) is 24.2. The summed E-state index contributed by atoms with van der Waals surface area (Å²) in [6.07, 6.45) is -4.50. The highest BCUT2D eigenvalue weighted by Gasteiger charge is 2.49. The Hall–Kier alpha value is -3.65. The molecule has 1 fully saturated rings. The highest BCUT2D eigenvalue weighted by Crippen LogP contribution is 2.49. The molecule has 14 nitrogen and oxygen atoms in total. The van der Waals surface area contributed by atoms with E-state index in [4.69, 9.17) is 18.5 Å². The van der Waals surface area contributed by atoms with Crippen molar-refractivity contribution in [3.8, 4) is 5.75 Å². The van der Waals surface area contributed by atoms with Crippen molar-refractivity contribution in [1.29, 1.82) is 0 Å². The van der Waals surface area contributed by atoms with Crippen LogP contribution in [0.25, 0.3) is 21.9 Å². The fraction of sp³-hybridized carbons (Fsp3) is 0.407. The lowest BCUT2D eigenvalue weighted by atomic mass is 10.1. The third-order valence-corrected chi connectivity index (χ3v) is 8.46. The van der Waals surface area contributed by atoms with Gasteiger partial charge in [0.25, 0.3) is 5.56 Å². The summed E-state index contributed by atoms with van der Waals surface area (Å²) in [5.74, 6) is -0.447. The van der Waals surface area contributed by atoms with Gasteiger partial charge in [0.15, 0.2) is 17.4 Å². The molecule has 5 rings (SSSR count). The molecule has 4 N–H and O–H groups in total. The van der Waals surface area contributed by atoms with Crippen LogP contribution in [-0.2, 0) is 23.4 Å². The lowest BCUT2D eigenvalue weighted by Crippen LogP contribution is -2.41. The van der Waals surface area contributed by atoms with Crippen LogP contribution in [0.15, 0.2) is 59.9 Å². The van der Waals surface area contributed by atoms with Crippen molar-refractivity contribution in [2.45, 2.75) is 70.5 Å². The maximum atomic E-state index is 14.3. The Labute approximate surface area is 240 Å². The average molecular weight is 602 g/mol. The molecule has 0 amide bonds. The molecular formula is C27H32N5O9P. The van der Waals surface area contributed by atoms with Gasteiger partial charge in [-0.25, -0.2) is 14.5 Å². The minimum atomic E-state index is -4.38. The number of nitrogens with one attached hydrogen (secondary N) is 2. The van der Waals surface area contributed by atoms with E-state index in [1.807, 2.05) is 18.2 Å². The summed E-state index contributed by atoms with van der Waals surface area (Å²) in [5, 5.41) is 25.9. The number of carbonyl (C=O) groups excluding carboxylic acids is 1. The first kappa shape index (κ1) is 29.8.